The molecule has 0 bridgehead atoms. The van der Waals surface area contributed by atoms with Crippen LogP contribution in [0.2, 0.25) is 0 Å². The van der Waals surface area contributed by atoms with Crippen LogP contribution in [0, 0.1) is 0 Å². The zero-order chi connectivity index (χ0) is 9.83. The molecule has 3 aromatic heterocycles. The molecule has 0 spiro atoms. The van der Waals surface area contributed by atoms with Gasteiger partial charge in [-0.3, -0.25) is 0 Å². The molecule has 0 saturated heterocycles. The molecule has 3 heterocycles. The third-order valence-corrected chi connectivity index (χ3v) is 3.50. The summed E-state index contributed by atoms with van der Waals surface area (Å²) in [6.45, 7) is 0. The summed E-state index contributed by atoms with van der Waals surface area (Å²) in [6, 6.07) is 1.99. The summed E-state index contributed by atoms with van der Waals surface area (Å²) in [5, 5.41) is 4.29. The van der Waals surface area contributed by atoms with Gasteiger partial charge < -0.3 is 4.42 Å². The fourth-order valence-corrected chi connectivity index (χ4v) is 2.79. The molecule has 0 amide bonds. The maximum absolute atomic E-state index is 5.42. The molecule has 15 heavy (non-hydrogen) atoms. The highest BCUT2D eigenvalue weighted by atomic mass is 32.1. The number of fused-ring (bicyclic) bond motifs is 5. The van der Waals surface area contributed by atoms with Crippen LogP contribution in [-0.2, 0) is 12.8 Å². The van der Waals surface area contributed by atoms with Gasteiger partial charge in [0.25, 0.3) is 0 Å². The van der Waals surface area contributed by atoms with E-state index in [4.69, 9.17) is 4.42 Å². The van der Waals surface area contributed by atoms with Gasteiger partial charge in [0, 0.05) is 12.0 Å². The molecule has 0 fully saturated rings. The van der Waals surface area contributed by atoms with E-state index in [9.17, 15) is 0 Å². The summed E-state index contributed by atoms with van der Waals surface area (Å²) in [5.41, 5.74) is 5.21. The Balaban J connectivity index is 2.14. The Kier molecular flexibility index (Phi) is 1.27. The minimum Gasteiger partial charge on any atom is -0.469 e. The lowest BCUT2D eigenvalue weighted by Gasteiger charge is -2.08. The number of hydrogen-bond donors (Lipinski definition) is 0. The van der Waals surface area contributed by atoms with Crippen LogP contribution in [0.3, 0.4) is 0 Å². The fraction of sp³-hybridized carbons (Fsp3) is 0.200. The molecule has 3 aromatic rings. The van der Waals surface area contributed by atoms with E-state index in [0.717, 1.165) is 34.8 Å². The molecule has 0 unspecified atom stereocenters. The first kappa shape index (κ1) is 7.64. The summed E-state index contributed by atoms with van der Waals surface area (Å²) < 4.78 is 7.36. The van der Waals surface area contributed by atoms with Gasteiger partial charge in [0.05, 0.1) is 17.7 Å². The predicted molar refractivity (Wildman–Crippen MR) is 56.0 cm³/mol. The van der Waals surface area contributed by atoms with E-state index in [-0.39, 0.29) is 0 Å². The highest BCUT2D eigenvalue weighted by Gasteiger charge is 2.24. The van der Waals surface area contributed by atoms with Crippen LogP contribution in [0.1, 0.15) is 11.5 Å². The lowest BCUT2D eigenvalue weighted by molar-refractivity contribution is 0.505. The highest BCUT2D eigenvalue weighted by Crippen LogP contribution is 2.34. The van der Waals surface area contributed by atoms with Crippen molar-refractivity contribution in [2.45, 2.75) is 12.8 Å². The van der Waals surface area contributed by atoms with E-state index >= 15 is 0 Å². The molecule has 0 aromatic carbocycles. The Hall–Kier alpha value is -1.62. The molecular weight excluding hydrogens is 210 g/mol. The topological polar surface area (TPSA) is 43.3 Å². The average Bonchev–Trinajstić information content (AvgIpc) is 2.90. The summed E-state index contributed by atoms with van der Waals surface area (Å²) in [5.74, 6) is 1.05. The van der Waals surface area contributed by atoms with Gasteiger partial charge in [-0.2, -0.15) is 5.10 Å². The number of furan rings is 1. The largest absolute Gasteiger partial charge is 0.469 e. The number of rotatable bonds is 0. The first-order valence-corrected chi connectivity index (χ1v) is 5.69. The molecule has 1 aliphatic rings. The summed E-state index contributed by atoms with van der Waals surface area (Å²) >= 11 is 1.57. The average molecular weight is 217 g/mol. The smallest absolute Gasteiger partial charge is 0.212 e. The van der Waals surface area contributed by atoms with Gasteiger partial charge in [-0.15, -0.1) is 0 Å². The minimum atomic E-state index is 0.945. The van der Waals surface area contributed by atoms with Crippen molar-refractivity contribution >= 4 is 16.3 Å². The second kappa shape index (κ2) is 2.49. The quantitative estimate of drug-likeness (QED) is 0.579. The van der Waals surface area contributed by atoms with Gasteiger partial charge >= 0.3 is 0 Å². The van der Waals surface area contributed by atoms with Crippen molar-refractivity contribution < 1.29 is 4.42 Å². The van der Waals surface area contributed by atoms with E-state index in [1.165, 1.54) is 5.69 Å². The van der Waals surface area contributed by atoms with E-state index in [2.05, 4.69) is 10.1 Å². The molecule has 5 heteroatoms. The first-order chi connectivity index (χ1) is 7.43. The molecule has 4 rings (SSSR count). The van der Waals surface area contributed by atoms with E-state index < -0.39 is 0 Å². The van der Waals surface area contributed by atoms with E-state index in [1.54, 1.807) is 17.6 Å². The number of hydrogen-bond acceptors (Lipinski definition) is 4. The van der Waals surface area contributed by atoms with Crippen LogP contribution in [0.5, 0.6) is 0 Å². The van der Waals surface area contributed by atoms with Gasteiger partial charge in [0.1, 0.15) is 11.3 Å². The number of aromatic nitrogens is 3. The summed E-state index contributed by atoms with van der Waals surface area (Å²) in [4.78, 5) is 5.55. The minimum absolute atomic E-state index is 0.945. The van der Waals surface area contributed by atoms with Crippen molar-refractivity contribution in [3.63, 3.8) is 0 Å². The van der Waals surface area contributed by atoms with Crippen molar-refractivity contribution in [2.24, 2.45) is 0 Å². The van der Waals surface area contributed by atoms with Gasteiger partial charge in [0.2, 0.25) is 4.96 Å². The van der Waals surface area contributed by atoms with Crippen molar-refractivity contribution in [3.8, 4) is 11.3 Å². The van der Waals surface area contributed by atoms with Crippen LogP contribution < -0.4 is 0 Å². The molecular formula is C10H7N3OS. The Bertz CT molecular complexity index is 649. The van der Waals surface area contributed by atoms with Crippen LogP contribution in [-0.4, -0.2) is 14.6 Å². The number of aryl methyl sites for hydroxylation is 2. The SMILES string of the molecule is c1cc2c(o1)CCc1c-2nc2scnn12. The standard InChI is InChI=1S/C10H7N3OS/c1-2-8-6(3-4-14-8)9-7(1)13-10(12-9)15-5-11-13/h3-5H,1-2H2. The van der Waals surface area contributed by atoms with Gasteiger partial charge in [-0.25, -0.2) is 9.50 Å². The molecule has 0 aliphatic heterocycles. The highest BCUT2D eigenvalue weighted by molar-refractivity contribution is 7.14. The Morgan fingerprint density at radius 1 is 1.40 bits per heavy atom. The maximum atomic E-state index is 5.42. The van der Waals surface area contributed by atoms with E-state index in [1.807, 2.05) is 16.1 Å². The number of imidazole rings is 1. The number of nitrogens with zero attached hydrogens (tertiary/aromatic N) is 3. The molecule has 0 saturated carbocycles. The van der Waals surface area contributed by atoms with Gasteiger partial charge in [0.15, 0.2) is 0 Å². The summed E-state index contributed by atoms with van der Waals surface area (Å²) in [6.07, 6.45) is 3.64. The molecule has 0 radical (unpaired) electrons. The first-order valence-electron chi connectivity index (χ1n) is 4.81. The molecule has 4 nitrogen and oxygen atoms in total. The monoisotopic (exact) mass is 217 g/mol. The second-order valence-electron chi connectivity index (χ2n) is 3.60. The van der Waals surface area contributed by atoms with Crippen LogP contribution in [0.4, 0.5) is 0 Å². The zero-order valence-electron chi connectivity index (χ0n) is 7.80. The zero-order valence-corrected chi connectivity index (χ0v) is 8.62. The lowest BCUT2D eigenvalue weighted by Crippen LogP contribution is -2.03. The van der Waals surface area contributed by atoms with Crippen molar-refractivity contribution in [3.05, 3.63) is 29.3 Å². The van der Waals surface area contributed by atoms with Crippen LogP contribution in [0.25, 0.3) is 16.2 Å². The van der Waals surface area contributed by atoms with Crippen molar-refractivity contribution in [2.75, 3.05) is 0 Å². The Labute approximate surface area is 89.2 Å². The molecule has 0 N–H and O–H groups in total. The van der Waals surface area contributed by atoms with Crippen molar-refractivity contribution in [1.29, 1.82) is 0 Å². The molecule has 0 atom stereocenters. The summed E-state index contributed by atoms with van der Waals surface area (Å²) in [7, 11) is 0. The van der Waals surface area contributed by atoms with Crippen LogP contribution in [0.15, 0.2) is 22.3 Å². The Morgan fingerprint density at radius 3 is 3.40 bits per heavy atom. The predicted octanol–water partition coefficient (Wildman–Crippen LogP) is 2.15. The van der Waals surface area contributed by atoms with E-state index in [0.29, 0.717) is 0 Å². The van der Waals surface area contributed by atoms with Crippen LogP contribution >= 0.6 is 11.3 Å². The van der Waals surface area contributed by atoms with Gasteiger partial charge in [-0.1, -0.05) is 11.3 Å². The third-order valence-electron chi connectivity index (χ3n) is 2.83. The molecule has 1 aliphatic carbocycles. The lowest BCUT2D eigenvalue weighted by atomic mass is 10.00. The second-order valence-corrected chi connectivity index (χ2v) is 4.41. The molecule has 74 valence electrons. The maximum Gasteiger partial charge on any atom is 0.212 e. The third kappa shape index (κ3) is 0.860. The van der Waals surface area contributed by atoms with Crippen molar-refractivity contribution in [1.82, 2.24) is 14.6 Å². The normalized spacial score (nSPS) is 14.1. The Morgan fingerprint density at radius 2 is 2.40 bits per heavy atom. The van der Waals surface area contributed by atoms with Gasteiger partial charge in [-0.05, 0) is 12.5 Å². The fourth-order valence-electron chi connectivity index (χ4n) is 2.15.